The Bertz CT molecular complexity index is 335. The molecular weight excluding hydrogens is 186 g/mol. The van der Waals surface area contributed by atoms with E-state index in [1.54, 1.807) is 0 Å². The molecule has 0 radical (unpaired) electrons. The summed E-state index contributed by atoms with van der Waals surface area (Å²) in [6, 6.07) is 9.09. The lowest BCUT2D eigenvalue weighted by Gasteiger charge is -2.35. The van der Waals surface area contributed by atoms with Gasteiger partial charge in [-0.25, -0.2) is 0 Å². The van der Waals surface area contributed by atoms with Gasteiger partial charge in [-0.15, -0.1) is 0 Å². The van der Waals surface area contributed by atoms with E-state index >= 15 is 0 Å². The quantitative estimate of drug-likeness (QED) is 0.736. The Hall–Kier alpha value is -0.860. The molecule has 0 spiro atoms. The first-order chi connectivity index (χ1) is 7.20. The Kier molecular flexibility index (Phi) is 3.08. The summed E-state index contributed by atoms with van der Waals surface area (Å²) in [5.74, 6) is 0. The van der Waals surface area contributed by atoms with Gasteiger partial charge in [-0.2, -0.15) is 0 Å². The maximum absolute atomic E-state index is 5.85. The first-order valence-electron chi connectivity index (χ1n) is 5.61. The molecule has 2 heteroatoms. The molecule has 0 aliphatic carbocycles. The van der Waals surface area contributed by atoms with Crippen LogP contribution in [-0.4, -0.2) is 24.6 Å². The SMILES string of the molecule is CC(C)N(C)C1OCCc2ccccc21. The Labute approximate surface area is 91.9 Å². The molecule has 2 nitrogen and oxygen atoms in total. The summed E-state index contributed by atoms with van der Waals surface area (Å²) in [6.45, 7) is 5.22. The van der Waals surface area contributed by atoms with Crippen molar-refractivity contribution in [3.63, 3.8) is 0 Å². The number of benzene rings is 1. The van der Waals surface area contributed by atoms with E-state index in [9.17, 15) is 0 Å². The zero-order valence-corrected chi connectivity index (χ0v) is 9.73. The second kappa shape index (κ2) is 4.33. The number of hydrogen-bond donors (Lipinski definition) is 0. The zero-order valence-electron chi connectivity index (χ0n) is 9.73. The minimum absolute atomic E-state index is 0.134. The van der Waals surface area contributed by atoms with Crippen LogP contribution in [0.4, 0.5) is 0 Å². The summed E-state index contributed by atoms with van der Waals surface area (Å²) in [5.41, 5.74) is 2.77. The van der Waals surface area contributed by atoms with Gasteiger partial charge in [-0.05, 0) is 38.4 Å². The molecule has 0 saturated carbocycles. The Morgan fingerprint density at radius 2 is 2.07 bits per heavy atom. The number of rotatable bonds is 2. The van der Waals surface area contributed by atoms with E-state index < -0.39 is 0 Å². The molecule has 0 bridgehead atoms. The molecule has 1 heterocycles. The normalized spacial score (nSPS) is 20.7. The lowest BCUT2D eigenvalue weighted by Crippen LogP contribution is -2.35. The third-order valence-corrected chi connectivity index (χ3v) is 3.15. The lowest BCUT2D eigenvalue weighted by molar-refractivity contribution is -0.0711. The van der Waals surface area contributed by atoms with Gasteiger partial charge in [0.15, 0.2) is 0 Å². The fraction of sp³-hybridized carbons (Fsp3) is 0.538. The molecule has 0 amide bonds. The maximum Gasteiger partial charge on any atom is 0.137 e. The molecule has 15 heavy (non-hydrogen) atoms. The third-order valence-electron chi connectivity index (χ3n) is 3.15. The van der Waals surface area contributed by atoms with Gasteiger partial charge >= 0.3 is 0 Å². The first-order valence-corrected chi connectivity index (χ1v) is 5.61. The minimum Gasteiger partial charge on any atom is -0.358 e. The minimum atomic E-state index is 0.134. The van der Waals surface area contributed by atoms with Gasteiger partial charge in [0.25, 0.3) is 0 Å². The van der Waals surface area contributed by atoms with Gasteiger partial charge in [0.05, 0.1) is 6.61 Å². The molecule has 0 aromatic heterocycles. The summed E-state index contributed by atoms with van der Waals surface area (Å²) >= 11 is 0. The van der Waals surface area contributed by atoms with Crippen LogP contribution >= 0.6 is 0 Å². The highest BCUT2D eigenvalue weighted by Crippen LogP contribution is 2.29. The zero-order chi connectivity index (χ0) is 10.8. The molecule has 1 aromatic rings. The van der Waals surface area contributed by atoms with E-state index in [0.29, 0.717) is 6.04 Å². The monoisotopic (exact) mass is 205 g/mol. The second-order valence-electron chi connectivity index (χ2n) is 4.43. The summed E-state index contributed by atoms with van der Waals surface area (Å²) in [4.78, 5) is 2.28. The van der Waals surface area contributed by atoms with Crippen molar-refractivity contribution in [1.29, 1.82) is 0 Å². The molecule has 1 unspecified atom stereocenters. The van der Waals surface area contributed by atoms with Crippen LogP contribution in [0.3, 0.4) is 0 Å². The van der Waals surface area contributed by atoms with Crippen LogP contribution in [0.5, 0.6) is 0 Å². The van der Waals surface area contributed by atoms with Gasteiger partial charge in [0.1, 0.15) is 6.23 Å². The number of hydrogen-bond acceptors (Lipinski definition) is 2. The molecule has 0 N–H and O–H groups in total. The smallest absolute Gasteiger partial charge is 0.137 e. The Balaban J connectivity index is 2.29. The molecular formula is C13H19NO. The van der Waals surface area contributed by atoms with Crippen molar-refractivity contribution in [2.75, 3.05) is 13.7 Å². The predicted octanol–water partition coefficient (Wildman–Crippen LogP) is 2.60. The van der Waals surface area contributed by atoms with Crippen molar-refractivity contribution in [2.45, 2.75) is 32.5 Å². The van der Waals surface area contributed by atoms with Crippen LogP contribution in [0.1, 0.15) is 31.2 Å². The average Bonchev–Trinajstić information content (AvgIpc) is 2.27. The molecule has 82 valence electrons. The predicted molar refractivity (Wildman–Crippen MR) is 61.7 cm³/mol. The number of nitrogens with zero attached hydrogens (tertiary/aromatic N) is 1. The van der Waals surface area contributed by atoms with Crippen LogP contribution in [0.2, 0.25) is 0 Å². The average molecular weight is 205 g/mol. The van der Waals surface area contributed by atoms with E-state index in [1.165, 1.54) is 11.1 Å². The maximum atomic E-state index is 5.85. The standard InChI is InChI=1S/C13H19NO/c1-10(2)14(3)13-12-7-5-4-6-11(12)8-9-15-13/h4-7,10,13H,8-9H2,1-3H3. The Morgan fingerprint density at radius 3 is 2.80 bits per heavy atom. The molecule has 1 aliphatic heterocycles. The summed E-state index contributed by atoms with van der Waals surface area (Å²) in [7, 11) is 2.12. The van der Waals surface area contributed by atoms with Crippen molar-refractivity contribution < 1.29 is 4.74 Å². The lowest BCUT2D eigenvalue weighted by atomic mass is 10.0. The van der Waals surface area contributed by atoms with Gasteiger partial charge < -0.3 is 4.74 Å². The number of fused-ring (bicyclic) bond motifs is 1. The summed E-state index contributed by atoms with van der Waals surface area (Å²) in [6.07, 6.45) is 1.17. The van der Waals surface area contributed by atoms with E-state index in [1.807, 2.05) is 0 Å². The van der Waals surface area contributed by atoms with Gasteiger partial charge in [0, 0.05) is 6.04 Å². The van der Waals surface area contributed by atoms with Gasteiger partial charge in [-0.3, -0.25) is 4.90 Å². The molecule has 0 saturated heterocycles. The van der Waals surface area contributed by atoms with Gasteiger partial charge in [0.2, 0.25) is 0 Å². The summed E-state index contributed by atoms with van der Waals surface area (Å²) in [5, 5.41) is 0. The fourth-order valence-corrected chi connectivity index (χ4v) is 1.98. The molecule has 1 atom stereocenters. The topological polar surface area (TPSA) is 12.5 Å². The van der Waals surface area contributed by atoms with Crippen LogP contribution in [0.15, 0.2) is 24.3 Å². The largest absolute Gasteiger partial charge is 0.358 e. The van der Waals surface area contributed by atoms with Crippen molar-refractivity contribution >= 4 is 0 Å². The van der Waals surface area contributed by atoms with E-state index in [-0.39, 0.29) is 6.23 Å². The van der Waals surface area contributed by atoms with Crippen LogP contribution in [-0.2, 0) is 11.2 Å². The van der Waals surface area contributed by atoms with Crippen LogP contribution in [0, 0.1) is 0 Å². The van der Waals surface area contributed by atoms with Crippen molar-refractivity contribution in [3.8, 4) is 0 Å². The van der Waals surface area contributed by atoms with Crippen molar-refractivity contribution in [3.05, 3.63) is 35.4 Å². The van der Waals surface area contributed by atoms with Crippen molar-refractivity contribution in [1.82, 2.24) is 4.90 Å². The molecule has 0 fully saturated rings. The molecule has 1 aromatic carbocycles. The van der Waals surface area contributed by atoms with Crippen LogP contribution in [0.25, 0.3) is 0 Å². The van der Waals surface area contributed by atoms with Gasteiger partial charge in [-0.1, -0.05) is 24.3 Å². The van der Waals surface area contributed by atoms with Crippen LogP contribution < -0.4 is 0 Å². The highest BCUT2D eigenvalue weighted by molar-refractivity contribution is 5.30. The highest BCUT2D eigenvalue weighted by Gasteiger charge is 2.25. The number of ether oxygens (including phenoxy) is 1. The van der Waals surface area contributed by atoms with E-state index in [4.69, 9.17) is 4.74 Å². The molecule has 2 rings (SSSR count). The Morgan fingerprint density at radius 1 is 1.33 bits per heavy atom. The van der Waals surface area contributed by atoms with E-state index in [2.05, 4.69) is 50.1 Å². The third kappa shape index (κ3) is 2.06. The molecule has 1 aliphatic rings. The van der Waals surface area contributed by atoms with Crippen molar-refractivity contribution in [2.24, 2.45) is 0 Å². The highest BCUT2D eigenvalue weighted by atomic mass is 16.5. The second-order valence-corrected chi connectivity index (χ2v) is 4.43. The summed E-state index contributed by atoms with van der Waals surface area (Å²) < 4.78 is 5.85. The fourth-order valence-electron chi connectivity index (χ4n) is 1.98. The van der Waals surface area contributed by atoms with E-state index in [0.717, 1.165) is 13.0 Å². The first kappa shape index (κ1) is 10.7.